The molecule has 0 N–H and O–H groups in total. The third-order valence-corrected chi connectivity index (χ3v) is 4.90. The average molecular weight is 336 g/mol. The van der Waals surface area contributed by atoms with Crippen molar-refractivity contribution in [2.45, 2.75) is 45.2 Å². The van der Waals surface area contributed by atoms with Crippen LogP contribution in [0.4, 0.5) is 4.39 Å². The van der Waals surface area contributed by atoms with E-state index in [-0.39, 0.29) is 10.8 Å². The molecule has 1 saturated heterocycles. The second kappa shape index (κ2) is 7.02. The zero-order chi connectivity index (χ0) is 16.4. The first-order valence-corrected chi connectivity index (χ1v) is 8.61. The largest absolute Gasteiger partial charge is 0.332 e. The van der Waals surface area contributed by atoms with Gasteiger partial charge in [-0.3, -0.25) is 4.90 Å². The van der Waals surface area contributed by atoms with Crippen LogP contribution in [-0.4, -0.2) is 27.5 Å². The topological polar surface area (TPSA) is 21.1 Å². The van der Waals surface area contributed by atoms with Crippen molar-refractivity contribution in [3.63, 3.8) is 0 Å². The molecule has 1 aromatic heterocycles. The van der Waals surface area contributed by atoms with Crippen molar-refractivity contribution in [2.75, 3.05) is 13.1 Å². The lowest BCUT2D eigenvalue weighted by molar-refractivity contribution is 0.199. The molecule has 0 aliphatic carbocycles. The smallest absolute Gasteiger partial charge is 0.142 e. The summed E-state index contributed by atoms with van der Waals surface area (Å²) in [5.41, 5.74) is 0.981. The highest BCUT2D eigenvalue weighted by molar-refractivity contribution is 6.30. The van der Waals surface area contributed by atoms with E-state index in [9.17, 15) is 4.39 Å². The summed E-state index contributed by atoms with van der Waals surface area (Å²) in [6.45, 7) is 7.18. The Morgan fingerprint density at radius 3 is 2.70 bits per heavy atom. The first-order valence-electron chi connectivity index (χ1n) is 8.23. The zero-order valence-electron chi connectivity index (χ0n) is 13.7. The number of likely N-dealkylation sites (tertiary alicyclic amines) is 1. The molecule has 1 fully saturated rings. The lowest BCUT2D eigenvalue weighted by Gasteiger charge is -2.32. The minimum absolute atomic E-state index is 0.188. The summed E-state index contributed by atoms with van der Waals surface area (Å²) in [5, 5.41) is 0.188. The molecule has 2 aromatic rings. The van der Waals surface area contributed by atoms with E-state index in [4.69, 9.17) is 11.6 Å². The van der Waals surface area contributed by atoms with Gasteiger partial charge in [0, 0.05) is 30.9 Å². The third kappa shape index (κ3) is 3.75. The predicted octanol–water partition coefficient (Wildman–Crippen LogP) is 4.64. The Hall–Kier alpha value is -1.39. The summed E-state index contributed by atoms with van der Waals surface area (Å²) in [6, 6.07) is 5.53. The van der Waals surface area contributed by atoms with Gasteiger partial charge < -0.3 is 4.57 Å². The number of halogens is 2. The van der Waals surface area contributed by atoms with E-state index in [0.29, 0.717) is 12.0 Å². The molecule has 0 saturated carbocycles. The molecule has 124 valence electrons. The van der Waals surface area contributed by atoms with Crippen LogP contribution >= 0.6 is 11.6 Å². The van der Waals surface area contributed by atoms with Gasteiger partial charge in [-0.05, 0) is 57.5 Å². The average Bonchev–Trinajstić information content (AvgIpc) is 3.01. The Morgan fingerprint density at radius 1 is 1.30 bits per heavy atom. The first kappa shape index (κ1) is 16.5. The van der Waals surface area contributed by atoms with Crippen LogP contribution < -0.4 is 0 Å². The first-order chi connectivity index (χ1) is 11.0. The molecule has 0 bridgehead atoms. The van der Waals surface area contributed by atoms with Crippen molar-refractivity contribution in [1.82, 2.24) is 14.5 Å². The Morgan fingerprint density at radius 2 is 2.04 bits per heavy atom. The van der Waals surface area contributed by atoms with E-state index in [2.05, 4.69) is 34.5 Å². The number of nitrogens with zero attached hydrogens (tertiary/aromatic N) is 3. The van der Waals surface area contributed by atoms with E-state index in [1.54, 1.807) is 12.1 Å². The fraction of sp³-hybridized carbons (Fsp3) is 0.500. The van der Waals surface area contributed by atoms with E-state index >= 15 is 0 Å². The Balaban J connectivity index is 1.60. The molecule has 1 aliphatic rings. The Bertz CT molecular complexity index is 660. The molecule has 23 heavy (non-hydrogen) atoms. The quantitative estimate of drug-likeness (QED) is 0.811. The van der Waals surface area contributed by atoms with Crippen molar-refractivity contribution in [3.05, 3.63) is 52.8 Å². The number of rotatable bonds is 4. The van der Waals surface area contributed by atoms with Crippen molar-refractivity contribution in [2.24, 2.45) is 0 Å². The highest BCUT2D eigenvalue weighted by Gasteiger charge is 2.24. The molecule has 0 unspecified atom stereocenters. The van der Waals surface area contributed by atoms with Crippen LogP contribution in [-0.2, 0) is 6.54 Å². The van der Waals surface area contributed by atoms with E-state index < -0.39 is 0 Å². The molecule has 0 spiro atoms. The molecular weight excluding hydrogens is 313 g/mol. The zero-order valence-corrected chi connectivity index (χ0v) is 14.4. The van der Waals surface area contributed by atoms with E-state index in [1.165, 1.54) is 5.82 Å². The van der Waals surface area contributed by atoms with Crippen LogP contribution in [0.15, 0.2) is 30.6 Å². The Kier molecular flexibility index (Phi) is 5.02. The molecule has 1 aliphatic heterocycles. The highest BCUT2D eigenvalue weighted by Crippen LogP contribution is 2.29. The molecule has 1 aromatic carbocycles. The van der Waals surface area contributed by atoms with Gasteiger partial charge in [0.15, 0.2) is 0 Å². The fourth-order valence-electron chi connectivity index (χ4n) is 3.32. The van der Waals surface area contributed by atoms with Crippen molar-refractivity contribution >= 4 is 11.6 Å². The lowest BCUT2D eigenvalue weighted by Crippen LogP contribution is -2.33. The minimum Gasteiger partial charge on any atom is -0.332 e. The summed E-state index contributed by atoms with van der Waals surface area (Å²) in [6.07, 6.45) is 6.17. The van der Waals surface area contributed by atoms with Crippen LogP contribution in [0.1, 0.15) is 50.0 Å². The van der Waals surface area contributed by atoms with Gasteiger partial charge in [-0.1, -0.05) is 17.7 Å². The summed E-state index contributed by atoms with van der Waals surface area (Å²) in [5.74, 6) is 1.39. The second-order valence-corrected chi connectivity index (χ2v) is 6.99. The maximum Gasteiger partial charge on any atom is 0.142 e. The standard InChI is InChI=1S/C18H23ClFN3/c1-13(2)23-10-7-21-18(23)15-5-8-22(9-6-15)12-14-3-4-16(19)17(20)11-14/h3-4,7,10-11,13,15H,5-6,8-9,12H2,1-2H3. The van der Waals surface area contributed by atoms with E-state index in [1.807, 2.05) is 12.3 Å². The summed E-state index contributed by atoms with van der Waals surface area (Å²) >= 11 is 5.74. The molecular formula is C18H23ClFN3. The Labute approximate surface area is 142 Å². The van der Waals surface area contributed by atoms with Gasteiger partial charge in [0.2, 0.25) is 0 Å². The second-order valence-electron chi connectivity index (χ2n) is 6.59. The van der Waals surface area contributed by atoms with Crippen LogP contribution in [0.2, 0.25) is 5.02 Å². The van der Waals surface area contributed by atoms with Crippen LogP contribution in [0.5, 0.6) is 0 Å². The summed E-state index contributed by atoms with van der Waals surface area (Å²) < 4.78 is 15.8. The van der Waals surface area contributed by atoms with Gasteiger partial charge in [-0.15, -0.1) is 0 Å². The molecule has 0 atom stereocenters. The van der Waals surface area contributed by atoms with Crippen LogP contribution in [0.25, 0.3) is 0 Å². The normalized spacial score (nSPS) is 17.1. The SMILES string of the molecule is CC(C)n1ccnc1C1CCN(Cc2ccc(Cl)c(F)c2)CC1. The molecule has 2 heterocycles. The molecule has 0 amide bonds. The highest BCUT2D eigenvalue weighted by atomic mass is 35.5. The van der Waals surface area contributed by atoms with Crippen LogP contribution in [0.3, 0.4) is 0 Å². The minimum atomic E-state index is -0.335. The van der Waals surface area contributed by atoms with Gasteiger partial charge in [0.1, 0.15) is 11.6 Å². The van der Waals surface area contributed by atoms with Gasteiger partial charge in [-0.2, -0.15) is 0 Å². The number of aromatic nitrogens is 2. The third-order valence-electron chi connectivity index (χ3n) is 4.60. The van der Waals surface area contributed by atoms with Gasteiger partial charge in [0.05, 0.1) is 5.02 Å². The lowest BCUT2D eigenvalue weighted by atomic mass is 9.95. The van der Waals surface area contributed by atoms with E-state index in [0.717, 1.165) is 38.0 Å². The van der Waals surface area contributed by atoms with Gasteiger partial charge in [0.25, 0.3) is 0 Å². The number of hydrogen-bond donors (Lipinski definition) is 0. The molecule has 3 rings (SSSR count). The van der Waals surface area contributed by atoms with Crippen LogP contribution in [0, 0.1) is 5.82 Å². The monoisotopic (exact) mass is 335 g/mol. The van der Waals surface area contributed by atoms with Gasteiger partial charge >= 0.3 is 0 Å². The maximum atomic E-state index is 13.5. The summed E-state index contributed by atoms with van der Waals surface area (Å²) in [7, 11) is 0. The number of imidazole rings is 1. The number of piperidine rings is 1. The molecule has 5 heteroatoms. The van der Waals surface area contributed by atoms with Crippen molar-refractivity contribution < 1.29 is 4.39 Å². The fourth-order valence-corrected chi connectivity index (χ4v) is 3.44. The summed E-state index contributed by atoms with van der Waals surface area (Å²) in [4.78, 5) is 6.95. The van der Waals surface area contributed by atoms with Gasteiger partial charge in [-0.25, -0.2) is 9.37 Å². The van der Waals surface area contributed by atoms with Crippen molar-refractivity contribution in [1.29, 1.82) is 0 Å². The molecule has 3 nitrogen and oxygen atoms in total. The number of hydrogen-bond acceptors (Lipinski definition) is 2. The predicted molar refractivity (Wildman–Crippen MR) is 91.3 cm³/mol. The number of benzene rings is 1. The molecule has 0 radical (unpaired) electrons. The maximum absolute atomic E-state index is 13.5. The van der Waals surface area contributed by atoms with Crippen molar-refractivity contribution in [3.8, 4) is 0 Å².